The van der Waals surface area contributed by atoms with Crippen LogP contribution in [-0.2, 0) is 13.6 Å². The Bertz CT molecular complexity index is 497. The lowest BCUT2D eigenvalue weighted by molar-refractivity contribution is 0.812. The molecule has 2 rings (SSSR count). The lowest BCUT2D eigenvalue weighted by Crippen LogP contribution is -2.06. The van der Waals surface area contributed by atoms with Crippen molar-refractivity contribution in [2.24, 2.45) is 7.05 Å². The molecule has 0 spiro atoms. The van der Waals surface area contributed by atoms with E-state index in [2.05, 4.69) is 31.4 Å². The highest BCUT2D eigenvalue weighted by Crippen LogP contribution is 2.30. The van der Waals surface area contributed by atoms with Crippen molar-refractivity contribution in [3.63, 3.8) is 0 Å². The van der Waals surface area contributed by atoms with Crippen LogP contribution in [0.1, 0.15) is 5.82 Å². The van der Waals surface area contributed by atoms with Gasteiger partial charge in [0.05, 0.1) is 21.7 Å². The van der Waals surface area contributed by atoms with Crippen molar-refractivity contribution in [2.45, 2.75) is 6.54 Å². The van der Waals surface area contributed by atoms with Crippen molar-refractivity contribution in [2.75, 3.05) is 5.32 Å². The molecule has 0 bridgehead atoms. The molecule has 2 aromatic rings. The Morgan fingerprint density at radius 2 is 2.31 bits per heavy atom. The van der Waals surface area contributed by atoms with Crippen LogP contribution in [0.3, 0.4) is 0 Å². The van der Waals surface area contributed by atoms with Gasteiger partial charge in [-0.1, -0.05) is 17.7 Å². The number of nitrogens with one attached hydrogen (secondary N) is 1. The average Bonchev–Trinajstić information content (AvgIpc) is 2.67. The lowest BCUT2D eigenvalue weighted by Gasteiger charge is -2.08. The van der Waals surface area contributed by atoms with Gasteiger partial charge in [0.25, 0.3) is 0 Å². The second kappa shape index (κ2) is 4.84. The molecule has 1 heterocycles. The van der Waals surface area contributed by atoms with Gasteiger partial charge in [-0.15, -0.1) is 10.2 Å². The summed E-state index contributed by atoms with van der Waals surface area (Å²) in [4.78, 5) is 0. The zero-order chi connectivity index (χ0) is 11.5. The van der Waals surface area contributed by atoms with Crippen LogP contribution in [-0.4, -0.2) is 14.8 Å². The van der Waals surface area contributed by atoms with E-state index in [0.29, 0.717) is 11.6 Å². The van der Waals surface area contributed by atoms with Crippen LogP contribution >= 0.6 is 27.5 Å². The van der Waals surface area contributed by atoms with Gasteiger partial charge in [-0.25, -0.2) is 0 Å². The maximum absolute atomic E-state index is 5.99. The van der Waals surface area contributed by atoms with Crippen LogP contribution in [0.4, 0.5) is 5.69 Å². The molecule has 0 atom stereocenters. The van der Waals surface area contributed by atoms with Crippen LogP contribution in [0.5, 0.6) is 0 Å². The largest absolute Gasteiger partial charge is 0.377 e. The van der Waals surface area contributed by atoms with Crippen molar-refractivity contribution in [1.29, 1.82) is 0 Å². The number of aromatic nitrogens is 3. The first-order valence-electron chi connectivity index (χ1n) is 4.69. The Kier molecular flexibility index (Phi) is 3.46. The van der Waals surface area contributed by atoms with Crippen molar-refractivity contribution in [3.8, 4) is 0 Å². The maximum Gasteiger partial charge on any atom is 0.151 e. The number of aryl methyl sites for hydroxylation is 1. The predicted octanol–water partition coefficient (Wildman–Crippen LogP) is 2.84. The van der Waals surface area contributed by atoms with Gasteiger partial charge in [0.1, 0.15) is 6.33 Å². The van der Waals surface area contributed by atoms with Gasteiger partial charge < -0.3 is 9.88 Å². The summed E-state index contributed by atoms with van der Waals surface area (Å²) in [5, 5.41) is 11.7. The number of rotatable bonds is 3. The van der Waals surface area contributed by atoms with E-state index in [1.165, 1.54) is 0 Å². The molecule has 1 aromatic carbocycles. The maximum atomic E-state index is 5.99. The molecule has 1 N–H and O–H groups in total. The second-order valence-corrected chi connectivity index (χ2v) is 4.51. The third-order valence-corrected chi connectivity index (χ3v) is 3.59. The minimum atomic E-state index is 0.607. The number of halogens is 2. The summed E-state index contributed by atoms with van der Waals surface area (Å²) in [5.74, 6) is 0.867. The normalized spacial score (nSPS) is 10.4. The summed E-state index contributed by atoms with van der Waals surface area (Å²) < 4.78 is 2.73. The first kappa shape index (κ1) is 11.4. The number of hydrogen-bond acceptors (Lipinski definition) is 3. The van der Waals surface area contributed by atoms with E-state index in [0.717, 1.165) is 16.0 Å². The molecule has 0 radical (unpaired) electrons. The molecule has 0 unspecified atom stereocenters. The molecule has 84 valence electrons. The van der Waals surface area contributed by atoms with Crippen molar-refractivity contribution < 1.29 is 0 Å². The Balaban J connectivity index is 2.11. The fraction of sp³-hybridized carbons (Fsp3) is 0.200. The first-order valence-corrected chi connectivity index (χ1v) is 5.86. The van der Waals surface area contributed by atoms with Crippen LogP contribution in [0, 0.1) is 0 Å². The molecule has 6 heteroatoms. The zero-order valence-corrected chi connectivity index (χ0v) is 11.0. The van der Waals surface area contributed by atoms with Crippen molar-refractivity contribution in [1.82, 2.24) is 14.8 Å². The Morgan fingerprint density at radius 1 is 1.50 bits per heavy atom. The standard InChI is InChI=1S/C10H10BrClN4/c1-16-6-14-15-9(16)5-13-8-4-2-3-7(12)10(8)11/h2-4,6,13H,5H2,1H3. The van der Waals surface area contributed by atoms with Crippen LogP contribution in [0.25, 0.3) is 0 Å². The van der Waals surface area contributed by atoms with Gasteiger partial charge in [0.2, 0.25) is 0 Å². The van der Waals surface area contributed by atoms with Crippen molar-refractivity contribution in [3.05, 3.63) is 39.8 Å². The molecule has 0 aliphatic heterocycles. The van der Waals surface area contributed by atoms with E-state index in [4.69, 9.17) is 11.6 Å². The minimum Gasteiger partial charge on any atom is -0.377 e. The fourth-order valence-electron chi connectivity index (χ4n) is 1.28. The van der Waals surface area contributed by atoms with E-state index in [-0.39, 0.29) is 0 Å². The highest BCUT2D eigenvalue weighted by Gasteiger charge is 2.05. The minimum absolute atomic E-state index is 0.607. The Morgan fingerprint density at radius 3 is 3.00 bits per heavy atom. The molecule has 0 saturated heterocycles. The molecular weight excluding hydrogens is 291 g/mol. The zero-order valence-electron chi connectivity index (χ0n) is 8.61. The summed E-state index contributed by atoms with van der Waals surface area (Å²) in [6.45, 7) is 0.607. The third kappa shape index (κ3) is 2.36. The number of nitrogens with zero attached hydrogens (tertiary/aromatic N) is 3. The Labute approximate surface area is 107 Å². The molecule has 1 aromatic heterocycles. The quantitative estimate of drug-likeness (QED) is 0.948. The Hall–Kier alpha value is -1.07. The van der Waals surface area contributed by atoms with Crippen molar-refractivity contribution >= 4 is 33.2 Å². The molecule has 0 aliphatic carbocycles. The summed E-state index contributed by atoms with van der Waals surface area (Å²) in [6, 6.07) is 5.68. The summed E-state index contributed by atoms with van der Waals surface area (Å²) in [7, 11) is 1.91. The van der Waals surface area contributed by atoms with E-state index in [9.17, 15) is 0 Å². The summed E-state index contributed by atoms with van der Waals surface area (Å²) in [6.07, 6.45) is 1.67. The smallest absolute Gasteiger partial charge is 0.151 e. The van der Waals surface area contributed by atoms with E-state index >= 15 is 0 Å². The summed E-state index contributed by atoms with van der Waals surface area (Å²) in [5.41, 5.74) is 0.940. The predicted molar refractivity (Wildman–Crippen MR) is 67.5 cm³/mol. The molecule has 0 saturated carbocycles. The topological polar surface area (TPSA) is 42.7 Å². The highest BCUT2D eigenvalue weighted by molar-refractivity contribution is 9.10. The highest BCUT2D eigenvalue weighted by atomic mass is 79.9. The van der Waals surface area contributed by atoms with E-state index < -0.39 is 0 Å². The molecular formula is C10H10BrClN4. The molecule has 16 heavy (non-hydrogen) atoms. The molecule has 4 nitrogen and oxygen atoms in total. The summed E-state index contributed by atoms with van der Waals surface area (Å²) >= 11 is 9.41. The number of hydrogen-bond donors (Lipinski definition) is 1. The van der Waals surface area contributed by atoms with Gasteiger partial charge in [-0.3, -0.25) is 0 Å². The van der Waals surface area contributed by atoms with Gasteiger partial charge in [-0.2, -0.15) is 0 Å². The fourth-order valence-corrected chi connectivity index (χ4v) is 1.86. The van der Waals surface area contributed by atoms with Crippen LogP contribution < -0.4 is 5.32 Å². The first-order chi connectivity index (χ1) is 7.68. The van der Waals surface area contributed by atoms with Gasteiger partial charge in [0.15, 0.2) is 5.82 Å². The van der Waals surface area contributed by atoms with Crippen LogP contribution in [0.2, 0.25) is 5.02 Å². The number of benzene rings is 1. The van der Waals surface area contributed by atoms with Gasteiger partial charge in [0, 0.05) is 7.05 Å². The molecule has 0 aliphatic rings. The second-order valence-electron chi connectivity index (χ2n) is 3.31. The van der Waals surface area contributed by atoms with E-state index in [1.54, 1.807) is 6.33 Å². The van der Waals surface area contributed by atoms with E-state index in [1.807, 2.05) is 29.8 Å². The average molecular weight is 302 g/mol. The SMILES string of the molecule is Cn1cnnc1CNc1cccc(Cl)c1Br. The van der Waals surface area contributed by atoms with Gasteiger partial charge in [-0.05, 0) is 28.1 Å². The van der Waals surface area contributed by atoms with Crippen LogP contribution in [0.15, 0.2) is 29.0 Å². The van der Waals surface area contributed by atoms with Gasteiger partial charge >= 0.3 is 0 Å². The monoisotopic (exact) mass is 300 g/mol. The lowest BCUT2D eigenvalue weighted by atomic mass is 10.3. The third-order valence-electron chi connectivity index (χ3n) is 2.19. The number of anilines is 1. The molecule has 0 fully saturated rings. The molecule has 0 amide bonds.